The lowest BCUT2D eigenvalue weighted by Crippen LogP contribution is -2.29. The van der Waals surface area contributed by atoms with Gasteiger partial charge >= 0.3 is 0 Å². The van der Waals surface area contributed by atoms with Gasteiger partial charge in [-0.1, -0.05) is 12.1 Å². The molecule has 3 rings (SSSR count). The van der Waals surface area contributed by atoms with Gasteiger partial charge in [0.25, 0.3) is 5.91 Å². The molecule has 7 nitrogen and oxygen atoms in total. The van der Waals surface area contributed by atoms with Crippen LogP contribution < -0.4 is 5.32 Å². The predicted octanol–water partition coefficient (Wildman–Crippen LogP) is 1.96. The maximum Gasteiger partial charge on any atom is 0.253 e. The Morgan fingerprint density at radius 2 is 1.96 bits per heavy atom. The number of nitrogens with one attached hydrogen (secondary N) is 1. The van der Waals surface area contributed by atoms with Crippen LogP contribution in [0.15, 0.2) is 46.9 Å². The molecule has 0 aliphatic carbocycles. The van der Waals surface area contributed by atoms with E-state index in [0.29, 0.717) is 30.6 Å². The second-order valence-corrected chi connectivity index (χ2v) is 5.23. The largest absolute Gasteiger partial charge is 0.352 e. The van der Waals surface area contributed by atoms with Crippen LogP contribution in [0, 0.1) is 12.3 Å². The molecular weight excluding hydrogens is 292 g/mol. The molecule has 0 radical (unpaired) electrons. The molecule has 0 saturated carbocycles. The summed E-state index contributed by atoms with van der Waals surface area (Å²) >= 11 is 0. The Hall–Kier alpha value is -3.01. The maximum absolute atomic E-state index is 12.4. The highest BCUT2D eigenvalue weighted by Gasteiger charge is 2.38. The van der Waals surface area contributed by atoms with E-state index in [9.17, 15) is 4.79 Å². The van der Waals surface area contributed by atoms with Crippen molar-refractivity contribution in [3.05, 3.63) is 42.2 Å². The smallest absolute Gasteiger partial charge is 0.253 e. The third-order valence-electron chi connectivity index (χ3n) is 3.65. The Morgan fingerprint density at radius 3 is 2.65 bits per heavy atom. The lowest BCUT2D eigenvalue weighted by atomic mass is 10.0. The van der Waals surface area contributed by atoms with Gasteiger partial charge in [0.1, 0.15) is 0 Å². The molecule has 116 valence electrons. The van der Waals surface area contributed by atoms with Gasteiger partial charge < -0.3 is 5.32 Å². The van der Waals surface area contributed by atoms with Crippen molar-refractivity contribution in [3.63, 3.8) is 0 Å². The number of nitrogens with zero attached hydrogens (tertiary/aromatic N) is 5. The van der Waals surface area contributed by atoms with Gasteiger partial charge in [-0.3, -0.25) is 4.79 Å². The number of terminal acetylenes is 1. The zero-order valence-electron chi connectivity index (χ0n) is 12.5. The van der Waals surface area contributed by atoms with E-state index in [0.717, 1.165) is 6.42 Å². The molecule has 0 spiro atoms. The number of carbonyl (C=O) groups is 1. The minimum Gasteiger partial charge on any atom is -0.352 e. The molecule has 23 heavy (non-hydrogen) atoms. The summed E-state index contributed by atoms with van der Waals surface area (Å²) < 4.78 is 0. The Balaban J connectivity index is 1.60. The Labute approximate surface area is 133 Å². The van der Waals surface area contributed by atoms with Gasteiger partial charge in [-0.25, -0.2) is 0 Å². The first-order valence-electron chi connectivity index (χ1n) is 7.35. The molecule has 2 heterocycles. The predicted molar refractivity (Wildman–Crippen MR) is 84.0 cm³/mol. The van der Waals surface area contributed by atoms with Crippen molar-refractivity contribution in [3.8, 4) is 18.0 Å². The first-order chi connectivity index (χ1) is 11.2. The summed E-state index contributed by atoms with van der Waals surface area (Å²) in [4.78, 5) is 13.8. The van der Waals surface area contributed by atoms with Gasteiger partial charge in [-0.2, -0.15) is 25.2 Å². The molecule has 1 aliphatic rings. The molecule has 1 aromatic heterocycles. The molecular formula is C16H16N6O. The van der Waals surface area contributed by atoms with E-state index < -0.39 is 0 Å². The van der Waals surface area contributed by atoms with Crippen LogP contribution in [-0.2, 0) is 0 Å². The van der Waals surface area contributed by atoms with E-state index in [1.54, 1.807) is 24.5 Å². The van der Waals surface area contributed by atoms with Gasteiger partial charge in [0.05, 0.1) is 23.6 Å². The number of hydrogen-bond donors (Lipinski definition) is 1. The van der Waals surface area contributed by atoms with Crippen LogP contribution in [0.4, 0.5) is 0 Å². The zero-order valence-corrected chi connectivity index (χ0v) is 12.5. The quantitative estimate of drug-likeness (QED) is 0.793. The fraction of sp³-hybridized carbons (Fsp3) is 0.312. The van der Waals surface area contributed by atoms with Crippen molar-refractivity contribution in [2.24, 2.45) is 10.2 Å². The highest BCUT2D eigenvalue weighted by atomic mass is 16.1. The first kappa shape index (κ1) is 14.9. The second kappa shape index (κ2) is 6.40. The summed E-state index contributed by atoms with van der Waals surface area (Å²) in [6, 6.07) is 7.19. The Bertz CT molecular complexity index is 753. The van der Waals surface area contributed by atoms with E-state index in [1.807, 2.05) is 12.1 Å². The van der Waals surface area contributed by atoms with Crippen molar-refractivity contribution in [2.75, 3.05) is 6.54 Å². The number of hydrogen-bond acceptors (Lipinski definition) is 5. The average molecular weight is 308 g/mol. The molecule has 0 saturated heterocycles. The Morgan fingerprint density at radius 1 is 1.22 bits per heavy atom. The third-order valence-corrected chi connectivity index (χ3v) is 3.65. The van der Waals surface area contributed by atoms with Gasteiger partial charge in [0.2, 0.25) is 0 Å². The van der Waals surface area contributed by atoms with Gasteiger partial charge in [0.15, 0.2) is 5.66 Å². The summed E-state index contributed by atoms with van der Waals surface area (Å²) in [5, 5.41) is 19.1. The van der Waals surface area contributed by atoms with Crippen molar-refractivity contribution in [1.82, 2.24) is 20.3 Å². The van der Waals surface area contributed by atoms with Gasteiger partial charge in [0, 0.05) is 25.8 Å². The number of para-hydroxylation sites is 1. The summed E-state index contributed by atoms with van der Waals surface area (Å²) in [6.07, 6.45) is 10.4. The van der Waals surface area contributed by atoms with E-state index in [-0.39, 0.29) is 11.6 Å². The molecule has 1 N–H and O–H groups in total. The zero-order chi connectivity index (χ0) is 16.1. The summed E-state index contributed by atoms with van der Waals surface area (Å²) in [7, 11) is 0. The van der Waals surface area contributed by atoms with E-state index >= 15 is 0 Å². The number of carbonyl (C=O) groups excluding carboxylic acids is 1. The molecule has 0 unspecified atom stereocenters. The lowest BCUT2D eigenvalue weighted by Gasteiger charge is -2.11. The number of amides is 1. The van der Waals surface area contributed by atoms with Crippen LogP contribution in [0.5, 0.6) is 0 Å². The van der Waals surface area contributed by atoms with Crippen LogP contribution in [0.3, 0.4) is 0 Å². The van der Waals surface area contributed by atoms with Crippen LogP contribution in [0.1, 0.15) is 29.6 Å². The van der Waals surface area contributed by atoms with Crippen molar-refractivity contribution >= 4 is 5.91 Å². The fourth-order valence-corrected chi connectivity index (χ4v) is 2.32. The summed E-state index contributed by atoms with van der Waals surface area (Å²) in [5.74, 6) is 2.41. The summed E-state index contributed by atoms with van der Waals surface area (Å²) in [5.41, 5.74) is 0.770. The fourth-order valence-electron chi connectivity index (χ4n) is 2.32. The van der Waals surface area contributed by atoms with Crippen LogP contribution >= 0.6 is 0 Å². The standard InChI is InChI=1S/C16H16N6O/c1-2-3-8-16(20-21-16)9-10-17-15(23)13-6-4-5-7-14(13)22-18-11-12-19-22/h1,4-7,11-12H,3,8-10H2,(H,17,23). The third kappa shape index (κ3) is 3.43. The van der Waals surface area contributed by atoms with Crippen LogP contribution in [-0.4, -0.2) is 33.1 Å². The van der Waals surface area contributed by atoms with E-state index in [4.69, 9.17) is 6.42 Å². The second-order valence-electron chi connectivity index (χ2n) is 5.23. The molecule has 0 bridgehead atoms. The molecule has 1 aromatic carbocycles. The maximum atomic E-state index is 12.4. The lowest BCUT2D eigenvalue weighted by molar-refractivity contribution is 0.0951. The number of aromatic nitrogens is 3. The highest BCUT2D eigenvalue weighted by Crippen LogP contribution is 2.36. The summed E-state index contributed by atoms with van der Waals surface area (Å²) in [6.45, 7) is 0.483. The van der Waals surface area contributed by atoms with E-state index in [2.05, 4.69) is 31.7 Å². The van der Waals surface area contributed by atoms with Crippen LogP contribution in [0.25, 0.3) is 5.69 Å². The topological polar surface area (TPSA) is 84.5 Å². The highest BCUT2D eigenvalue weighted by molar-refractivity contribution is 5.97. The Kier molecular flexibility index (Phi) is 4.15. The SMILES string of the molecule is C#CCCC1(CCNC(=O)c2ccccc2-n2nccn2)N=N1. The van der Waals surface area contributed by atoms with Gasteiger partial charge in [-0.15, -0.1) is 12.3 Å². The minimum atomic E-state index is -0.386. The number of rotatable bonds is 7. The first-order valence-corrected chi connectivity index (χ1v) is 7.35. The van der Waals surface area contributed by atoms with Gasteiger partial charge in [-0.05, 0) is 12.1 Å². The molecule has 0 fully saturated rings. The molecule has 0 atom stereocenters. The van der Waals surface area contributed by atoms with Crippen molar-refractivity contribution in [2.45, 2.75) is 24.9 Å². The molecule has 1 aliphatic heterocycles. The normalized spacial score (nSPS) is 14.2. The molecule has 2 aromatic rings. The molecule has 1 amide bonds. The number of benzene rings is 1. The average Bonchev–Trinajstić information content (AvgIpc) is 3.13. The molecule has 7 heteroatoms. The van der Waals surface area contributed by atoms with Crippen molar-refractivity contribution < 1.29 is 4.79 Å². The van der Waals surface area contributed by atoms with Crippen LogP contribution in [0.2, 0.25) is 0 Å². The van der Waals surface area contributed by atoms with E-state index in [1.165, 1.54) is 4.80 Å². The van der Waals surface area contributed by atoms with Crippen molar-refractivity contribution in [1.29, 1.82) is 0 Å². The monoisotopic (exact) mass is 308 g/mol. The minimum absolute atomic E-state index is 0.175.